The molecule has 21 heavy (non-hydrogen) atoms. The molecule has 0 aliphatic carbocycles. The molecule has 0 spiro atoms. The molecule has 0 bridgehead atoms. The molecule has 0 saturated carbocycles. The Kier molecular flexibility index (Phi) is 5.59. The molecule has 0 radical (unpaired) electrons. The summed E-state index contributed by atoms with van der Waals surface area (Å²) in [4.78, 5) is 27.4. The normalized spacial score (nSPS) is 15.8. The van der Waals surface area contributed by atoms with Gasteiger partial charge < -0.3 is 9.64 Å². The van der Waals surface area contributed by atoms with Crippen LogP contribution in [0, 0.1) is 0 Å². The number of benzene rings is 1. The van der Waals surface area contributed by atoms with Crippen molar-refractivity contribution >= 4 is 23.5 Å². The first-order valence-corrected chi connectivity index (χ1v) is 7.41. The second kappa shape index (κ2) is 7.43. The van der Waals surface area contributed by atoms with E-state index in [1.165, 1.54) is 7.11 Å². The van der Waals surface area contributed by atoms with Gasteiger partial charge in [-0.05, 0) is 17.7 Å². The van der Waals surface area contributed by atoms with Gasteiger partial charge in [-0.2, -0.15) is 0 Å². The lowest BCUT2D eigenvalue weighted by Gasteiger charge is -2.34. The maximum absolute atomic E-state index is 12.4. The van der Waals surface area contributed by atoms with Gasteiger partial charge in [0.25, 0.3) is 5.91 Å². The zero-order valence-electron chi connectivity index (χ0n) is 12.0. The van der Waals surface area contributed by atoms with Crippen molar-refractivity contribution in [3.05, 3.63) is 35.4 Å². The molecule has 0 unspecified atom stereocenters. The number of hydrogen-bond acceptors (Lipinski definition) is 4. The molecule has 1 fully saturated rings. The fraction of sp³-hybridized carbons (Fsp3) is 0.467. The molecule has 1 aromatic rings. The number of methoxy groups -OCH3 is 1. The molecule has 0 atom stereocenters. The van der Waals surface area contributed by atoms with Crippen LogP contribution in [0.5, 0.6) is 0 Å². The maximum atomic E-state index is 12.4. The molecule has 1 aliphatic rings. The van der Waals surface area contributed by atoms with E-state index >= 15 is 0 Å². The Hall–Kier alpha value is -1.59. The zero-order valence-corrected chi connectivity index (χ0v) is 12.8. The Morgan fingerprint density at radius 1 is 1.14 bits per heavy atom. The second-order valence-corrected chi connectivity index (χ2v) is 5.24. The highest BCUT2D eigenvalue weighted by Gasteiger charge is 2.23. The lowest BCUT2D eigenvalue weighted by molar-refractivity contribution is -0.142. The van der Waals surface area contributed by atoms with Crippen LogP contribution in [0.15, 0.2) is 24.3 Å². The van der Waals surface area contributed by atoms with Gasteiger partial charge in [0, 0.05) is 37.6 Å². The van der Waals surface area contributed by atoms with E-state index in [0.29, 0.717) is 37.6 Å². The third kappa shape index (κ3) is 4.19. The number of halogens is 1. The van der Waals surface area contributed by atoms with Gasteiger partial charge in [-0.25, -0.2) is 0 Å². The van der Waals surface area contributed by atoms with Crippen LogP contribution in [-0.2, 0) is 15.4 Å². The molecule has 1 saturated heterocycles. The van der Waals surface area contributed by atoms with Crippen molar-refractivity contribution in [2.75, 3.05) is 39.8 Å². The van der Waals surface area contributed by atoms with Crippen molar-refractivity contribution in [1.82, 2.24) is 9.80 Å². The first-order chi connectivity index (χ1) is 10.1. The molecular weight excluding hydrogens is 292 g/mol. The zero-order chi connectivity index (χ0) is 15.2. The van der Waals surface area contributed by atoms with Crippen molar-refractivity contribution < 1.29 is 14.3 Å². The van der Waals surface area contributed by atoms with Crippen LogP contribution < -0.4 is 0 Å². The summed E-state index contributed by atoms with van der Waals surface area (Å²) in [7, 11) is 1.38. The van der Waals surface area contributed by atoms with Crippen LogP contribution in [0.3, 0.4) is 0 Å². The van der Waals surface area contributed by atoms with Gasteiger partial charge in [0.05, 0.1) is 13.7 Å². The predicted octanol–water partition coefficient (Wildman–Crippen LogP) is 1.36. The number of ether oxygens (including phenoxy) is 1. The minimum Gasteiger partial charge on any atom is -0.468 e. The Bertz CT molecular complexity index is 496. The van der Waals surface area contributed by atoms with Gasteiger partial charge in [0.2, 0.25) is 0 Å². The maximum Gasteiger partial charge on any atom is 0.319 e. The molecule has 2 rings (SSSR count). The Labute approximate surface area is 129 Å². The molecule has 5 nitrogen and oxygen atoms in total. The molecule has 1 amide bonds. The standard InChI is InChI=1S/C15H19ClN2O3/c1-21-14(19)11-17-6-8-18(9-7-17)15(20)13-4-2-12(10-16)3-5-13/h2-5H,6-11H2,1H3. The van der Waals surface area contributed by atoms with Crippen LogP contribution in [0.2, 0.25) is 0 Å². The number of hydrogen-bond donors (Lipinski definition) is 0. The van der Waals surface area contributed by atoms with Crippen molar-refractivity contribution in [3.63, 3.8) is 0 Å². The number of amides is 1. The van der Waals surface area contributed by atoms with Crippen LogP contribution >= 0.6 is 11.6 Å². The number of esters is 1. The summed E-state index contributed by atoms with van der Waals surface area (Å²) in [6.07, 6.45) is 0. The van der Waals surface area contributed by atoms with E-state index in [-0.39, 0.29) is 18.4 Å². The van der Waals surface area contributed by atoms with E-state index in [0.717, 1.165) is 5.56 Å². The highest BCUT2D eigenvalue weighted by atomic mass is 35.5. The summed E-state index contributed by atoms with van der Waals surface area (Å²) in [5.74, 6) is 0.223. The largest absolute Gasteiger partial charge is 0.468 e. The molecule has 0 N–H and O–H groups in total. The summed E-state index contributed by atoms with van der Waals surface area (Å²) < 4.78 is 4.65. The van der Waals surface area contributed by atoms with Crippen molar-refractivity contribution in [2.24, 2.45) is 0 Å². The fourth-order valence-corrected chi connectivity index (χ4v) is 2.45. The lowest BCUT2D eigenvalue weighted by atomic mass is 10.1. The van der Waals surface area contributed by atoms with Crippen molar-refractivity contribution in [1.29, 1.82) is 0 Å². The third-order valence-corrected chi connectivity index (χ3v) is 3.90. The first kappa shape index (κ1) is 15.8. The number of rotatable bonds is 4. The number of carbonyl (C=O) groups excluding carboxylic acids is 2. The van der Waals surface area contributed by atoms with E-state index in [1.807, 2.05) is 21.9 Å². The van der Waals surface area contributed by atoms with E-state index in [9.17, 15) is 9.59 Å². The van der Waals surface area contributed by atoms with Gasteiger partial charge >= 0.3 is 5.97 Å². The van der Waals surface area contributed by atoms with Crippen LogP contribution in [-0.4, -0.2) is 61.5 Å². The summed E-state index contributed by atoms with van der Waals surface area (Å²) in [6, 6.07) is 7.35. The van der Waals surface area contributed by atoms with E-state index in [2.05, 4.69) is 4.74 Å². The highest BCUT2D eigenvalue weighted by molar-refractivity contribution is 6.17. The summed E-state index contributed by atoms with van der Waals surface area (Å²) in [6.45, 7) is 2.88. The molecule has 114 valence electrons. The van der Waals surface area contributed by atoms with Crippen LogP contribution in [0.25, 0.3) is 0 Å². The number of carbonyl (C=O) groups is 2. The summed E-state index contributed by atoms with van der Waals surface area (Å²) in [5.41, 5.74) is 1.67. The molecule has 0 aromatic heterocycles. The van der Waals surface area contributed by atoms with E-state index < -0.39 is 0 Å². The molecule has 1 aromatic carbocycles. The topological polar surface area (TPSA) is 49.9 Å². The van der Waals surface area contributed by atoms with Gasteiger partial charge in [0.15, 0.2) is 0 Å². The Morgan fingerprint density at radius 2 is 1.76 bits per heavy atom. The minimum absolute atomic E-state index is 0.0221. The first-order valence-electron chi connectivity index (χ1n) is 6.87. The van der Waals surface area contributed by atoms with Crippen LogP contribution in [0.1, 0.15) is 15.9 Å². The number of piperazine rings is 1. The predicted molar refractivity (Wildman–Crippen MR) is 80.4 cm³/mol. The quantitative estimate of drug-likeness (QED) is 0.622. The fourth-order valence-electron chi connectivity index (χ4n) is 2.28. The summed E-state index contributed by atoms with van der Waals surface area (Å²) in [5, 5.41) is 0. The molecule has 1 heterocycles. The Morgan fingerprint density at radius 3 is 2.29 bits per heavy atom. The molecular formula is C15H19ClN2O3. The average Bonchev–Trinajstić information content (AvgIpc) is 2.55. The third-order valence-electron chi connectivity index (χ3n) is 3.60. The number of nitrogens with zero attached hydrogens (tertiary/aromatic N) is 2. The summed E-state index contributed by atoms with van der Waals surface area (Å²) >= 11 is 5.74. The molecule has 6 heteroatoms. The highest BCUT2D eigenvalue weighted by Crippen LogP contribution is 2.11. The Balaban J connectivity index is 1.89. The van der Waals surface area contributed by atoms with Crippen LogP contribution in [0.4, 0.5) is 0 Å². The van der Waals surface area contributed by atoms with Gasteiger partial charge in [-0.15, -0.1) is 11.6 Å². The monoisotopic (exact) mass is 310 g/mol. The minimum atomic E-state index is -0.244. The van der Waals surface area contributed by atoms with Gasteiger partial charge in [0.1, 0.15) is 0 Å². The van der Waals surface area contributed by atoms with Crippen molar-refractivity contribution in [2.45, 2.75) is 5.88 Å². The van der Waals surface area contributed by atoms with Gasteiger partial charge in [-0.3, -0.25) is 14.5 Å². The van der Waals surface area contributed by atoms with Crippen molar-refractivity contribution in [3.8, 4) is 0 Å². The number of alkyl halides is 1. The van der Waals surface area contributed by atoms with Gasteiger partial charge in [-0.1, -0.05) is 12.1 Å². The average molecular weight is 311 g/mol. The lowest BCUT2D eigenvalue weighted by Crippen LogP contribution is -2.50. The SMILES string of the molecule is COC(=O)CN1CCN(C(=O)c2ccc(CCl)cc2)CC1. The smallest absolute Gasteiger partial charge is 0.319 e. The second-order valence-electron chi connectivity index (χ2n) is 4.98. The van der Waals surface area contributed by atoms with E-state index in [4.69, 9.17) is 11.6 Å². The van der Waals surface area contributed by atoms with E-state index in [1.54, 1.807) is 12.1 Å². The molecule has 1 aliphatic heterocycles.